The second-order valence-corrected chi connectivity index (χ2v) is 4.84. The Kier molecular flexibility index (Phi) is 3.58. The van der Waals surface area contributed by atoms with E-state index in [0.29, 0.717) is 19.1 Å². The fourth-order valence-corrected chi connectivity index (χ4v) is 2.44. The van der Waals surface area contributed by atoms with Crippen LogP contribution >= 0.6 is 0 Å². The van der Waals surface area contributed by atoms with E-state index in [2.05, 4.69) is 29.9 Å². The van der Waals surface area contributed by atoms with Crippen molar-refractivity contribution in [3.05, 3.63) is 66.0 Å². The predicted octanol–water partition coefficient (Wildman–Crippen LogP) is 2.34. The van der Waals surface area contributed by atoms with Crippen LogP contribution in [0.2, 0.25) is 0 Å². The molecule has 3 heteroatoms. The minimum atomic E-state index is -0.230. The Labute approximate surface area is 113 Å². The molecule has 0 bridgehead atoms. The molecular weight excluding hydrogens is 238 g/mol. The van der Waals surface area contributed by atoms with Crippen LogP contribution in [0.15, 0.2) is 54.7 Å². The maximum absolute atomic E-state index is 5.85. The van der Waals surface area contributed by atoms with Gasteiger partial charge in [0.05, 0.1) is 19.1 Å². The van der Waals surface area contributed by atoms with Gasteiger partial charge in [0.15, 0.2) is 18.2 Å². The van der Waals surface area contributed by atoms with Gasteiger partial charge < -0.3 is 9.47 Å². The number of aromatic nitrogens is 1. The van der Waals surface area contributed by atoms with Crippen LogP contribution in [0.3, 0.4) is 0 Å². The van der Waals surface area contributed by atoms with Crippen LogP contribution in [-0.2, 0) is 16.5 Å². The van der Waals surface area contributed by atoms with Crippen LogP contribution in [0.25, 0.3) is 0 Å². The molecule has 0 aliphatic carbocycles. The van der Waals surface area contributed by atoms with Gasteiger partial charge in [-0.1, -0.05) is 36.4 Å². The predicted molar refractivity (Wildman–Crippen MR) is 71.4 cm³/mol. The van der Waals surface area contributed by atoms with E-state index in [-0.39, 0.29) is 6.29 Å². The van der Waals surface area contributed by atoms with Crippen molar-refractivity contribution >= 4 is 0 Å². The summed E-state index contributed by atoms with van der Waals surface area (Å²) in [4.78, 5) is 0. The van der Waals surface area contributed by atoms with Gasteiger partial charge in [-0.15, -0.1) is 0 Å². The number of hydrogen-bond donors (Lipinski definition) is 0. The molecule has 0 spiro atoms. The quantitative estimate of drug-likeness (QED) is 0.770. The lowest BCUT2D eigenvalue weighted by molar-refractivity contribution is -0.681. The van der Waals surface area contributed by atoms with Crippen LogP contribution in [0.1, 0.15) is 23.5 Å². The standard InChI is InChI=1S/C16H18NO2/c1-17-10-6-5-9-15(17)14-11-18-16(19-12-14)13-7-3-2-4-8-13/h2-10,14,16H,11-12H2,1H3/q+1. The molecule has 1 fully saturated rings. The molecule has 0 saturated carbocycles. The molecule has 0 unspecified atom stereocenters. The van der Waals surface area contributed by atoms with Gasteiger partial charge in [-0.2, -0.15) is 0 Å². The maximum Gasteiger partial charge on any atom is 0.188 e. The van der Waals surface area contributed by atoms with Gasteiger partial charge in [0.1, 0.15) is 7.05 Å². The summed E-state index contributed by atoms with van der Waals surface area (Å²) in [6.45, 7) is 1.38. The van der Waals surface area contributed by atoms with E-state index < -0.39 is 0 Å². The monoisotopic (exact) mass is 256 g/mol. The molecule has 1 aliphatic heterocycles. The van der Waals surface area contributed by atoms with E-state index in [0.717, 1.165) is 5.56 Å². The first-order valence-electron chi connectivity index (χ1n) is 6.57. The minimum absolute atomic E-state index is 0.230. The second kappa shape index (κ2) is 5.51. The van der Waals surface area contributed by atoms with E-state index in [4.69, 9.17) is 9.47 Å². The van der Waals surface area contributed by atoms with Gasteiger partial charge >= 0.3 is 0 Å². The highest BCUT2D eigenvalue weighted by Gasteiger charge is 2.28. The second-order valence-electron chi connectivity index (χ2n) is 4.84. The summed E-state index contributed by atoms with van der Waals surface area (Å²) in [5.41, 5.74) is 2.33. The molecule has 0 amide bonds. The van der Waals surface area contributed by atoms with Crippen molar-refractivity contribution < 1.29 is 14.0 Å². The van der Waals surface area contributed by atoms with Crippen molar-refractivity contribution in [2.75, 3.05) is 13.2 Å². The van der Waals surface area contributed by atoms with Gasteiger partial charge in [-0.05, 0) is 0 Å². The molecule has 0 atom stereocenters. The Morgan fingerprint density at radius 2 is 1.63 bits per heavy atom. The van der Waals surface area contributed by atoms with E-state index in [1.165, 1.54) is 5.69 Å². The normalized spacial score (nSPS) is 23.2. The molecule has 2 aromatic rings. The molecule has 19 heavy (non-hydrogen) atoms. The minimum Gasteiger partial charge on any atom is -0.347 e. The van der Waals surface area contributed by atoms with Crippen molar-refractivity contribution in [1.82, 2.24) is 0 Å². The lowest BCUT2D eigenvalue weighted by Crippen LogP contribution is -2.38. The average molecular weight is 256 g/mol. The van der Waals surface area contributed by atoms with Crippen molar-refractivity contribution in [3.63, 3.8) is 0 Å². The van der Waals surface area contributed by atoms with E-state index in [1.54, 1.807) is 0 Å². The molecule has 1 aliphatic rings. The molecule has 2 heterocycles. The van der Waals surface area contributed by atoms with E-state index in [9.17, 15) is 0 Å². The molecule has 1 saturated heterocycles. The molecule has 0 radical (unpaired) electrons. The van der Waals surface area contributed by atoms with Gasteiger partial charge in [0.25, 0.3) is 0 Å². The molecule has 98 valence electrons. The first kappa shape index (κ1) is 12.3. The van der Waals surface area contributed by atoms with Crippen molar-refractivity contribution in [2.24, 2.45) is 7.05 Å². The fourth-order valence-electron chi connectivity index (χ4n) is 2.44. The van der Waals surface area contributed by atoms with Crippen LogP contribution in [0, 0.1) is 0 Å². The third-order valence-corrected chi connectivity index (χ3v) is 3.48. The highest BCUT2D eigenvalue weighted by atomic mass is 16.7. The van der Waals surface area contributed by atoms with Crippen LogP contribution in [0.4, 0.5) is 0 Å². The van der Waals surface area contributed by atoms with Crippen molar-refractivity contribution in [1.29, 1.82) is 0 Å². The zero-order chi connectivity index (χ0) is 13.1. The lowest BCUT2D eigenvalue weighted by Gasteiger charge is -2.28. The summed E-state index contributed by atoms with van der Waals surface area (Å²) in [5.74, 6) is 0.297. The molecular formula is C16H18NO2+. The third kappa shape index (κ3) is 2.67. The summed E-state index contributed by atoms with van der Waals surface area (Å²) in [5, 5.41) is 0. The number of rotatable bonds is 2. The van der Waals surface area contributed by atoms with E-state index >= 15 is 0 Å². The van der Waals surface area contributed by atoms with Gasteiger partial charge in [0, 0.05) is 17.7 Å². The van der Waals surface area contributed by atoms with Gasteiger partial charge in [-0.3, -0.25) is 0 Å². The topological polar surface area (TPSA) is 22.3 Å². The first-order valence-corrected chi connectivity index (χ1v) is 6.57. The van der Waals surface area contributed by atoms with Crippen molar-refractivity contribution in [2.45, 2.75) is 12.2 Å². The third-order valence-electron chi connectivity index (χ3n) is 3.48. The van der Waals surface area contributed by atoms with Crippen LogP contribution < -0.4 is 4.57 Å². The highest BCUT2D eigenvalue weighted by molar-refractivity contribution is 5.16. The summed E-state index contributed by atoms with van der Waals surface area (Å²) in [6.07, 6.45) is 1.82. The molecule has 1 aromatic heterocycles. The Morgan fingerprint density at radius 3 is 2.32 bits per heavy atom. The van der Waals surface area contributed by atoms with Crippen molar-refractivity contribution in [3.8, 4) is 0 Å². The zero-order valence-electron chi connectivity index (χ0n) is 11.0. The van der Waals surface area contributed by atoms with Crippen LogP contribution in [-0.4, -0.2) is 13.2 Å². The number of pyridine rings is 1. The number of nitrogens with zero attached hydrogens (tertiary/aromatic N) is 1. The van der Waals surface area contributed by atoms with Crippen LogP contribution in [0.5, 0.6) is 0 Å². The van der Waals surface area contributed by atoms with Gasteiger partial charge in [0.2, 0.25) is 0 Å². The Bertz CT molecular complexity index is 533. The van der Waals surface area contributed by atoms with E-state index in [1.807, 2.05) is 36.4 Å². The molecule has 1 aromatic carbocycles. The SMILES string of the molecule is C[n+]1ccccc1C1COC(c2ccccc2)OC1. The Balaban J connectivity index is 1.69. The first-order chi connectivity index (χ1) is 9.34. The lowest BCUT2D eigenvalue weighted by atomic mass is 10.1. The summed E-state index contributed by atoms with van der Waals surface area (Å²) < 4.78 is 13.8. The largest absolute Gasteiger partial charge is 0.347 e. The summed E-state index contributed by atoms with van der Waals surface area (Å²) >= 11 is 0. The average Bonchev–Trinajstić information content (AvgIpc) is 2.49. The maximum atomic E-state index is 5.85. The fraction of sp³-hybridized carbons (Fsp3) is 0.312. The summed E-state index contributed by atoms with van der Waals surface area (Å²) in [6, 6.07) is 16.3. The Morgan fingerprint density at radius 1 is 0.947 bits per heavy atom. The highest BCUT2D eigenvalue weighted by Crippen LogP contribution is 2.28. The number of ether oxygens (including phenoxy) is 2. The number of benzene rings is 1. The summed E-state index contributed by atoms with van der Waals surface area (Å²) in [7, 11) is 2.05. The molecule has 3 rings (SSSR count). The zero-order valence-corrected chi connectivity index (χ0v) is 11.0. The number of hydrogen-bond acceptors (Lipinski definition) is 2. The van der Waals surface area contributed by atoms with Gasteiger partial charge in [-0.25, -0.2) is 4.57 Å². The number of aryl methyl sites for hydroxylation is 1. The smallest absolute Gasteiger partial charge is 0.188 e. The molecule has 0 N–H and O–H groups in total. The molecule has 3 nitrogen and oxygen atoms in total. The Hall–Kier alpha value is -1.71.